The van der Waals surface area contributed by atoms with Crippen molar-refractivity contribution in [2.75, 3.05) is 0 Å². The Balaban J connectivity index is 1.73. The Hall–Kier alpha value is -4.38. The van der Waals surface area contributed by atoms with Crippen molar-refractivity contribution in [3.63, 3.8) is 0 Å². The van der Waals surface area contributed by atoms with Gasteiger partial charge in [-0.15, -0.1) is 0 Å². The third kappa shape index (κ3) is 3.50. The maximum Gasteiger partial charge on any atom is 0.270 e. The molecule has 2 aromatic heterocycles. The minimum absolute atomic E-state index is 0.237. The fourth-order valence-electron chi connectivity index (χ4n) is 4.00. The number of carbonyl (C=O) groups is 1. The summed E-state index contributed by atoms with van der Waals surface area (Å²) in [5.74, 6) is -0.318. The molecule has 2 N–H and O–H groups in total. The molecule has 0 saturated heterocycles. The molecule has 0 bridgehead atoms. The minimum Gasteiger partial charge on any atom is -0.359 e. The average molecular weight is 419 g/mol. The van der Waals surface area contributed by atoms with Crippen molar-refractivity contribution in [1.82, 2.24) is 14.9 Å². The molecule has 0 unspecified atom stereocenters. The predicted octanol–water partition coefficient (Wildman–Crippen LogP) is 4.92. The summed E-state index contributed by atoms with van der Waals surface area (Å²) >= 11 is 0. The van der Waals surface area contributed by atoms with Crippen LogP contribution < -0.4 is 10.9 Å². The first-order valence-electron chi connectivity index (χ1n) is 10.4. The molecule has 0 fully saturated rings. The molecule has 3 aromatic carbocycles. The van der Waals surface area contributed by atoms with E-state index in [1.165, 1.54) is 4.57 Å². The first-order valence-corrected chi connectivity index (χ1v) is 10.4. The van der Waals surface area contributed by atoms with Gasteiger partial charge in [0.05, 0.1) is 11.1 Å². The molecule has 2 heterocycles. The Morgan fingerprint density at radius 1 is 0.812 bits per heavy atom. The zero-order chi connectivity index (χ0) is 21.9. The van der Waals surface area contributed by atoms with E-state index in [1.54, 1.807) is 6.20 Å². The third-order valence-electron chi connectivity index (χ3n) is 5.48. The van der Waals surface area contributed by atoms with Crippen LogP contribution in [0.2, 0.25) is 0 Å². The number of rotatable bonds is 5. The highest BCUT2D eigenvalue weighted by molar-refractivity contribution is 6.08. The van der Waals surface area contributed by atoms with E-state index >= 15 is 0 Å². The topological polar surface area (TPSA) is 66.9 Å². The Bertz CT molecular complexity index is 1440. The average Bonchev–Trinajstić information content (AvgIpc) is 3.32. The van der Waals surface area contributed by atoms with Crippen LogP contribution in [0.3, 0.4) is 0 Å². The van der Waals surface area contributed by atoms with Gasteiger partial charge in [0.25, 0.3) is 11.5 Å². The van der Waals surface area contributed by atoms with Gasteiger partial charge >= 0.3 is 0 Å². The Morgan fingerprint density at radius 2 is 1.44 bits per heavy atom. The van der Waals surface area contributed by atoms with Crippen LogP contribution in [0, 0.1) is 0 Å². The molecule has 5 aromatic rings. The molecule has 0 atom stereocenters. The molecule has 0 radical (unpaired) electrons. The summed E-state index contributed by atoms with van der Waals surface area (Å²) in [6.45, 7) is 0.366. The molecular formula is C27H21N3O2. The molecule has 0 aliphatic rings. The van der Waals surface area contributed by atoms with E-state index in [2.05, 4.69) is 10.3 Å². The number of aromatic nitrogens is 2. The van der Waals surface area contributed by atoms with Crippen molar-refractivity contribution in [3.05, 3.63) is 125 Å². The maximum absolute atomic E-state index is 13.9. The Morgan fingerprint density at radius 3 is 2.12 bits per heavy atom. The highest BCUT2D eigenvalue weighted by Gasteiger charge is 2.23. The van der Waals surface area contributed by atoms with Crippen LogP contribution in [0.5, 0.6) is 0 Å². The van der Waals surface area contributed by atoms with E-state index in [1.807, 2.05) is 97.1 Å². The SMILES string of the molecule is O=C(NCc1ccccc1)c1c2[nH]ccc2c(-c2ccccc2)c(=O)n1-c1ccccc1. The van der Waals surface area contributed by atoms with Crippen LogP contribution in [0.1, 0.15) is 16.1 Å². The molecule has 0 aliphatic carbocycles. The number of hydrogen-bond acceptors (Lipinski definition) is 2. The van der Waals surface area contributed by atoms with Gasteiger partial charge in [0.1, 0.15) is 5.69 Å². The van der Waals surface area contributed by atoms with Crippen LogP contribution in [-0.4, -0.2) is 15.5 Å². The molecule has 32 heavy (non-hydrogen) atoms. The number of pyridine rings is 1. The first kappa shape index (κ1) is 19.6. The summed E-state index contributed by atoms with van der Waals surface area (Å²) in [7, 11) is 0. The van der Waals surface area contributed by atoms with Crippen molar-refractivity contribution in [2.45, 2.75) is 6.54 Å². The molecule has 1 amide bonds. The summed E-state index contributed by atoms with van der Waals surface area (Å²) < 4.78 is 1.50. The normalized spacial score (nSPS) is 10.9. The molecule has 0 saturated carbocycles. The first-order chi connectivity index (χ1) is 15.7. The number of hydrogen-bond donors (Lipinski definition) is 2. The lowest BCUT2D eigenvalue weighted by Crippen LogP contribution is -2.32. The number of nitrogens with one attached hydrogen (secondary N) is 2. The lowest BCUT2D eigenvalue weighted by atomic mass is 10.0. The van der Waals surface area contributed by atoms with Crippen LogP contribution in [0.15, 0.2) is 108 Å². The number of carbonyl (C=O) groups excluding carboxylic acids is 1. The molecule has 0 aliphatic heterocycles. The van der Waals surface area contributed by atoms with Crippen LogP contribution >= 0.6 is 0 Å². The van der Waals surface area contributed by atoms with E-state index in [0.29, 0.717) is 23.3 Å². The standard InChI is InChI=1S/C27H21N3O2/c31-26(29-18-19-10-4-1-5-11-19)25-24-22(16-17-28-24)23(20-12-6-2-7-13-20)27(32)30(25)21-14-8-3-9-15-21/h1-17,28H,18H2,(H,29,31). The lowest BCUT2D eigenvalue weighted by Gasteiger charge is -2.17. The monoisotopic (exact) mass is 419 g/mol. The second-order valence-corrected chi connectivity index (χ2v) is 7.50. The predicted molar refractivity (Wildman–Crippen MR) is 127 cm³/mol. The van der Waals surface area contributed by atoms with Gasteiger partial charge in [0, 0.05) is 23.8 Å². The van der Waals surface area contributed by atoms with Crippen molar-refractivity contribution in [2.24, 2.45) is 0 Å². The quantitative estimate of drug-likeness (QED) is 0.425. The van der Waals surface area contributed by atoms with Gasteiger partial charge in [-0.2, -0.15) is 0 Å². The van der Waals surface area contributed by atoms with Crippen molar-refractivity contribution in [1.29, 1.82) is 0 Å². The van der Waals surface area contributed by atoms with Gasteiger partial charge in [-0.1, -0.05) is 78.9 Å². The zero-order valence-corrected chi connectivity index (χ0v) is 17.3. The summed E-state index contributed by atoms with van der Waals surface area (Å²) in [5, 5.41) is 3.70. The molecule has 0 spiro atoms. The number of fused-ring (bicyclic) bond motifs is 1. The number of benzene rings is 3. The second kappa shape index (κ2) is 8.40. The van der Waals surface area contributed by atoms with Gasteiger partial charge in [-0.25, -0.2) is 0 Å². The van der Waals surface area contributed by atoms with Crippen molar-refractivity contribution in [3.8, 4) is 16.8 Å². The van der Waals surface area contributed by atoms with E-state index in [9.17, 15) is 9.59 Å². The van der Waals surface area contributed by atoms with E-state index in [-0.39, 0.29) is 17.2 Å². The number of H-pyrrole nitrogens is 1. The van der Waals surface area contributed by atoms with Crippen LogP contribution in [-0.2, 0) is 6.54 Å². The Kier molecular flexibility index (Phi) is 5.14. The molecule has 5 rings (SSSR count). The van der Waals surface area contributed by atoms with E-state index in [4.69, 9.17) is 0 Å². The highest BCUT2D eigenvalue weighted by Crippen LogP contribution is 2.28. The highest BCUT2D eigenvalue weighted by atomic mass is 16.2. The number of nitrogens with zero attached hydrogens (tertiary/aromatic N) is 1. The van der Waals surface area contributed by atoms with Crippen molar-refractivity contribution < 1.29 is 4.79 Å². The van der Waals surface area contributed by atoms with Crippen molar-refractivity contribution >= 4 is 16.8 Å². The number of aromatic amines is 1. The number of amides is 1. The minimum atomic E-state index is -0.318. The summed E-state index contributed by atoms with van der Waals surface area (Å²) in [6.07, 6.45) is 1.76. The van der Waals surface area contributed by atoms with Crippen LogP contribution in [0.25, 0.3) is 27.7 Å². The molecular weight excluding hydrogens is 398 g/mol. The smallest absolute Gasteiger partial charge is 0.270 e. The molecule has 5 nitrogen and oxygen atoms in total. The Labute approximate surface area is 185 Å². The van der Waals surface area contributed by atoms with Gasteiger partial charge in [0.2, 0.25) is 0 Å². The summed E-state index contributed by atoms with van der Waals surface area (Å²) in [4.78, 5) is 30.5. The second-order valence-electron chi connectivity index (χ2n) is 7.50. The fourth-order valence-corrected chi connectivity index (χ4v) is 4.00. The molecule has 5 heteroatoms. The van der Waals surface area contributed by atoms with Gasteiger partial charge < -0.3 is 10.3 Å². The van der Waals surface area contributed by atoms with Gasteiger partial charge in [-0.05, 0) is 29.3 Å². The van der Waals surface area contributed by atoms with E-state index in [0.717, 1.165) is 16.5 Å². The largest absolute Gasteiger partial charge is 0.359 e. The third-order valence-corrected chi connectivity index (χ3v) is 5.48. The number of para-hydroxylation sites is 1. The van der Waals surface area contributed by atoms with E-state index < -0.39 is 0 Å². The van der Waals surface area contributed by atoms with Gasteiger partial charge in [-0.3, -0.25) is 14.2 Å². The zero-order valence-electron chi connectivity index (χ0n) is 17.3. The van der Waals surface area contributed by atoms with Gasteiger partial charge in [0.15, 0.2) is 0 Å². The summed E-state index contributed by atoms with van der Waals surface area (Å²) in [6, 6.07) is 30.3. The fraction of sp³-hybridized carbons (Fsp3) is 0.0370. The van der Waals surface area contributed by atoms with Crippen LogP contribution in [0.4, 0.5) is 0 Å². The maximum atomic E-state index is 13.9. The summed E-state index contributed by atoms with van der Waals surface area (Å²) in [5.41, 5.74) is 3.66. The lowest BCUT2D eigenvalue weighted by molar-refractivity contribution is 0.0945. The molecule has 156 valence electrons.